The Morgan fingerprint density at radius 1 is 1.22 bits per heavy atom. The zero-order valence-corrected chi connectivity index (χ0v) is 15.0. The summed E-state index contributed by atoms with van der Waals surface area (Å²) >= 11 is 0. The van der Waals surface area contributed by atoms with Gasteiger partial charge in [0.15, 0.2) is 6.29 Å². The number of aliphatic hydroxyl groups is 1. The van der Waals surface area contributed by atoms with E-state index in [1.54, 1.807) is 14.2 Å². The maximum atomic E-state index is 12.5. The van der Waals surface area contributed by atoms with Gasteiger partial charge in [0, 0.05) is 32.7 Å². The first kappa shape index (κ1) is 18.5. The van der Waals surface area contributed by atoms with E-state index in [-0.39, 0.29) is 18.2 Å². The molecule has 1 N–H and O–H groups in total. The minimum atomic E-state index is -0.856. The highest BCUT2D eigenvalue weighted by atomic mass is 16.7. The first-order valence-electron chi connectivity index (χ1n) is 8.47. The van der Waals surface area contributed by atoms with E-state index in [2.05, 4.69) is 0 Å². The molecule has 0 spiro atoms. The van der Waals surface area contributed by atoms with Crippen molar-refractivity contribution in [2.45, 2.75) is 88.9 Å². The largest absolute Gasteiger partial charge is 0.444 e. The van der Waals surface area contributed by atoms with Crippen LogP contribution >= 0.6 is 0 Å². The van der Waals surface area contributed by atoms with E-state index in [4.69, 9.17) is 14.2 Å². The van der Waals surface area contributed by atoms with E-state index in [0.29, 0.717) is 19.3 Å². The molecule has 2 fully saturated rings. The summed E-state index contributed by atoms with van der Waals surface area (Å²) in [4.78, 5) is 14.4. The summed E-state index contributed by atoms with van der Waals surface area (Å²) in [6.07, 6.45) is 3.74. The minimum absolute atomic E-state index is 0.0247. The van der Waals surface area contributed by atoms with Crippen LogP contribution in [0.4, 0.5) is 4.79 Å². The Hall–Kier alpha value is -0.850. The monoisotopic (exact) mass is 329 g/mol. The lowest BCUT2D eigenvalue weighted by Gasteiger charge is -2.52. The summed E-state index contributed by atoms with van der Waals surface area (Å²) in [5.74, 6) is 0. The molecule has 2 aliphatic heterocycles. The second-order valence-electron chi connectivity index (χ2n) is 7.86. The number of methoxy groups -OCH3 is 2. The molecule has 2 aliphatic rings. The molecule has 2 atom stereocenters. The number of carbonyl (C=O) groups excluding carboxylic acids is 1. The van der Waals surface area contributed by atoms with Crippen LogP contribution < -0.4 is 0 Å². The lowest BCUT2D eigenvalue weighted by molar-refractivity contribution is -0.167. The third kappa shape index (κ3) is 4.58. The zero-order valence-electron chi connectivity index (χ0n) is 15.0. The smallest absolute Gasteiger partial charge is 0.410 e. The molecule has 0 radical (unpaired) electrons. The molecule has 6 heteroatoms. The molecule has 6 nitrogen and oxygen atoms in total. The third-order valence-corrected chi connectivity index (χ3v) is 4.77. The van der Waals surface area contributed by atoms with Crippen molar-refractivity contribution in [1.29, 1.82) is 0 Å². The fourth-order valence-electron chi connectivity index (χ4n) is 3.88. The van der Waals surface area contributed by atoms with Crippen molar-refractivity contribution in [3.8, 4) is 0 Å². The van der Waals surface area contributed by atoms with E-state index >= 15 is 0 Å². The SMILES string of the molecule is COC(CC1(O)CC2CCCC(C1)N2C(=O)OC(C)(C)C)OC. The number of ether oxygens (including phenoxy) is 3. The maximum absolute atomic E-state index is 12.5. The molecule has 23 heavy (non-hydrogen) atoms. The predicted molar refractivity (Wildman–Crippen MR) is 86.1 cm³/mol. The zero-order chi connectivity index (χ0) is 17.3. The number of rotatable bonds is 4. The molecule has 2 bridgehead atoms. The van der Waals surface area contributed by atoms with E-state index in [0.717, 1.165) is 19.3 Å². The van der Waals surface area contributed by atoms with Gasteiger partial charge in [-0.15, -0.1) is 0 Å². The number of fused-ring (bicyclic) bond motifs is 2. The van der Waals surface area contributed by atoms with Gasteiger partial charge < -0.3 is 24.2 Å². The van der Waals surface area contributed by atoms with Gasteiger partial charge >= 0.3 is 6.09 Å². The summed E-state index contributed by atoms with van der Waals surface area (Å²) < 4.78 is 16.0. The van der Waals surface area contributed by atoms with Gasteiger partial charge in [0.1, 0.15) is 5.60 Å². The first-order chi connectivity index (χ1) is 10.7. The molecule has 0 aromatic heterocycles. The highest BCUT2D eigenvalue weighted by Gasteiger charge is 2.49. The lowest BCUT2D eigenvalue weighted by atomic mass is 9.74. The van der Waals surface area contributed by atoms with Crippen LogP contribution in [0.3, 0.4) is 0 Å². The summed E-state index contributed by atoms with van der Waals surface area (Å²) in [7, 11) is 3.16. The number of hydrogen-bond donors (Lipinski definition) is 1. The van der Waals surface area contributed by atoms with Crippen LogP contribution in [0.1, 0.15) is 59.3 Å². The fraction of sp³-hybridized carbons (Fsp3) is 0.941. The normalized spacial score (nSPS) is 31.3. The number of amides is 1. The Bertz CT molecular complexity index is 402. The summed E-state index contributed by atoms with van der Waals surface area (Å²) in [5.41, 5.74) is -1.36. The Labute approximate surface area is 139 Å². The van der Waals surface area contributed by atoms with Crippen LogP contribution in [0, 0.1) is 0 Å². The molecule has 0 aromatic rings. The Balaban J connectivity index is 2.09. The van der Waals surface area contributed by atoms with Crippen molar-refractivity contribution < 1.29 is 24.1 Å². The van der Waals surface area contributed by atoms with Gasteiger partial charge in [-0.25, -0.2) is 4.79 Å². The number of piperidine rings is 2. The predicted octanol–water partition coefficient (Wildman–Crippen LogP) is 2.68. The molecule has 2 saturated heterocycles. The van der Waals surface area contributed by atoms with Crippen LogP contribution in [-0.2, 0) is 14.2 Å². The van der Waals surface area contributed by atoms with Crippen molar-refractivity contribution in [2.24, 2.45) is 0 Å². The standard InChI is InChI=1S/C17H31NO5/c1-16(2,3)23-15(19)18-12-7-6-8-13(18)10-17(20,9-12)11-14(21-4)22-5/h12-14,20H,6-11H2,1-5H3. The van der Waals surface area contributed by atoms with Gasteiger partial charge in [-0.1, -0.05) is 0 Å². The van der Waals surface area contributed by atoms with Gasteiger partial charge in [-0.3, -0.25) is 0 Å². The Morgan fingerprint density at radius 2 is 1.74 bits per heavy atom. The van der Waals surface area contributed by atoms with Crippen molar-refractivity contribution in [3.63, 3.8) is 0 Å². The van der Waals surface area contributed by atoms with Crippen molar-refractivity contribution in [2.75, 3.05) is 14.2 Å². The van der Waals surface area contributed by atoms with Crippen LogP contribution in [0.15, 0.2) is 0 Å². The van der Waals surface area contributed by atoms with Crippen LogP contribution in [0.2, 0.25) is 0 Å². The molecule has 0 aliphatic carbocycles. The number of carbonyl (C=O) groups is 1. The van der Waals surface area contributed by atoms with Gasteiger partial charge in [0.2, 0.25) is 0 Å². The topological polar surface area (TPSA) is 68.2 Å². The van der Waals surface area contributed by atoms with Gasteiger partial charge in [0.25, 0.3) is 0 Å². The van der Waals surface area contributed by atoms with Crippen LogP contribution in [-0.4, -0.2) is 59.9 Å². The van der Waals surface area contributed by atoms with Gasteiger partial charge in [-0.05, 0) is 52.9 Å². The average molecular weight is 329 g/mol. The quantitative estimate of drug-likeness (QED) is 0.803. The second kappa shape index (κ2) is 6.95. The second-order valence-corrected chi connectivity index (χ2v) is 7.86. The fourth-order valence-corrected chi connectivity index (χ4v) is 3.88. The molecular formula is C17H31NO5. The molecule has 1 amide bonds. The molecule has 0 saturated carbocycles. The van der Waals surface area contributed by atoms with Crippen LogP contribution in [0.5, 0.6) is 0 Å². The summed E-state index contributed by atoms with van der Waals surface area (Å²) in [6, 6.07) is 0.0495. The highest BCUT2D eigenvalue weighted by molar-refractivity contribution is 5.69. The van der Waals surface area contributed by atoms with E-state index in [9.17, 15) is 9.90 Å². The first-order valence-corrected chi connectivity index (χ1v) is 8.47. The summed E-state index contributed by atoms with van der Waals surface area (Å²) in [6.45, 7) is 5.63. The van der Waals surface area contributed by atoms with E-state index in [1.807, 2.05) is 25.7 Å². The molecule has 2 rings (SSSR count). The molecule has 2 unspecified atom stereocenters. The lowest BCUT2D eigenvalue weighted by Crippen LogP contribution is -2.61. The van der Waals surface area contributed by atoms with E-state index < -0.39 is 17.5 Å². The summed E-state index contributed by atoms with van der Waals surface area (Å²) in [5, 5.41) is 11.0. The van der Waals surface area contributed by atoms with E-state index in [1.165, 1.54) is 0 Å². The van der Waals surface area contributed by atoms with Gasteiger partial charge in [0.05, 0.1) is 5.60 Å². The van der Waals surface area contributed by atoms with Gasteiger partial charge in [-0.2, -0.15) is 0 Å². The van der Waals surface area contributed by atoms with Crippen LogP contribution in [0.25, 0.3) is 0 Å². The third-order valence-electron chi connectivity index (χ3n) is 4.77. The molecule has 0 aromatic carbocycles. The minimum Gasteiger partial charge on any atom is -0.444 e. The van der Waals surface area contributed by atoms with Crippen molar-refractivity contribution in [1.82, 2.24) is 4.90 Å². The molecule has 2 heterocycles. The number of hydrogen-bond acceptors (Lipinski definition) is 5. The Kier molecular flexibility index (Phi) is 5.59. The van der Waals surface area contributed by atoms with Crippen molar-refractivity contribution in [3.05, 3.63) is 0 Å². The van der Waals surface area contributed by atoms with Crippen molar-refractivity contribution >= 4 is 6.09 Å². The molecular weight excluding hydrogens is 298 g/mol. The molecule has 134 valence electrons. The highest BCUT2D eigenvalue weighted by Crippen LogP contribution is 2.42. The maximum Gasteiger partial charge on any atom is 0.410 e. The Morgan fingerprint density at radius 3 is 2.17 bits per heavy atom. The average Bonchev–Trinajstić information content (AvgIpc) is 2.41. The number of nitrogens with zero attached hydrogens (tertiary/aromatic N) is 1.